The van der Waals surface area contributed by atoms with E-state index in [2.05, 4.69) is 5.16 Å². The van der Waals surface area contributed by atoms with Crippen molar-refractivity contribution in [3.63, 3.8) is 0 Å². The zero-order valence-corrected chi connectivity index (χ0v) is 12.3. The predicted molar refractivity (Wildman–Crippen MR) is 84.6 cm³/mol. The van der Waals surface area contributed by atoms with Crippen LogP contribution in [0.4, 0.5) is 5.69 Å². The number of benzene rings is 2. The molecule has 0 bridgehead atoms. The Morgan fingerprint density at radius 2 is 1.68 bits per heavy atom. The van der Waals surface area contributed by atoms with Gasteiger partial charge in [0.25, 0.3) is 5.91 Å². The Hall–Kier alpha value is -2.88. The molecule has 0 aliphatic carbocycles. The number of nitrogens with zero attached hydrogens (tertiary/aromatic N) is 2. The summed E-state index contributed by atoms with van der Waals surface area (Å²) in [6.07, 6.45) is 0. The second-order valence-electron chi connectivity index (χ2n) is 5.04. The van der Waals surface area contributed by atoms with Crippen molar-refractivity contribution < 1.29 is 9.32 Å². The molecule has 0 fully saturated rings. The standard InChI is InChI=1S/C18H16N2O2/c1-14-12-17(22-19-14)18(21)20(16-10-6-3-7-11-16)13-15-8-4-2-5-9-15/h2-12H,13H2,1H3. The van der Waals surface area contributed by atoms with Crippen molar-refractivity contribution in [1.29, 1.82) is 0 Å². The molecule has 0 atom stereocenters. The van der Waals surface area contributed by atoms with Crippen LogP contribution in [-0.2, 0) is 6.54 Å². The van der Waals surface area contributed by atoms with Crippen LogP contribution in [0.1, 0.15) is 21.8 Å². The Balaban J connectivity index is 1.94. The number of anilines is 1. The molecular formula is C18H16N2O2. The van der Waals surface area contributed by atoms with Gasteiger partial charge < -0.3 is 9.42 Å². The minimum absolute atomic E-state index is 0.198. The molecule has 3 aromatic rings. The first-order valence-electron chi connectivity index (χ1n) is 7.08. The molecular weight excluding hydrogens is 276 g/mol. The van der Waals surface area contributed by atoms with Crippen molar-refractivity contribution in [2.75, 3.05) is 4.90 Å². The van der Waals surface area contributed by atoms with Gasteiger partial charge in [-0.25, -0.2) is 0 Å². The Morgan fingerprint density at radius 3 is 2.27 bits per heavy atom. The number of hydrogen-bond donors (Lipinski definition) is 0. The van der Waals surface area contributed by atoms with Crippen molar-refractivity contribution in [2.45, 2.75) is 13.5 Å². The van der Waals surface area contributed by atoms with Crippen LogP contribution in [0.5, 0.6) is 0 Å². The van der Waals surface area contributed by atoms with Gasteiger partial charge >= 0.3 is 0 Å². The lowest BCUT2D eigenvalue weighted by molar-refractivity contribution is 0.0949. The highest BCUT2D eigenvalue weighted by atomic mass is 16.5. The van der Waals surface area contributed by atoms with E-state index >= 15 is 0 Å². The van der Waals surface area contributed by atoms with E-state index in [1.165, 1.54) is 0 Å². The Kier molecular flexibility index (Phi) is 4.01. The van der Waals surface area contributed by atoms with Crippen molar-refractivity contribution in [2.24, 2.45) is 0 Å². The quantitative estimate of drug-likeness (QED) is 0.734. The minimum Gasteiger partial charge on any atom is -0.351 e. The molecule has 0 saturated heterocycles. The fourth-order valence-electron chi connectivity index (χ4n) is 2.25. The number of amides is 1. The molecule has 0 spiro atoms. The summed E-state index contributed by atoms with van der Waals surface area (Å²) in [6.45, 7) is 2.27. The predicted octanol–water partition coefficient (Wildman–Crippen LogP) is 3.83. The number of hydrogen-bond acceptors (Lipinski definition) is 3. The largest absolute Gasteiger partial charge is 0.351 e. The van der Waals surface area contributed by atoms with E-state index in [1.807, 2.05) is 60.7 Å². The van der Waals surface area contributed by atoms with Gasteiger partial charge in [-0.3, -0.25) is 4.79 Å². The van der Waals surface area contributed by atoms with E-state index in [4.69, 9.17) is 4.52 Å². The highest BCUT2D eigenvalue weighted by Gasteiger charge is 2.21. The van der Waals surface area contributed by atoms with Gasteiger partial charge in [0.15, 0.2) is 0 Å². The average Bonchev–Trinajstić information content (AvgIpc) is 3.00. The van der Waals surface area contributed by atoms with Crippen molar-refractivity contribution in [1.82, 2.24) is 5.16 Å². The van der Waals surface area contributed by atoms with Gasteiger partial charge in [0.1, 0.15) is 0 Å². The molecule has 4 heteroatoms. The molecule has 1 aromatic heterocycles. The van der Waals surface area contributed by atoms with Gasteiger partial charge in [0.2, 0.25) is 5.76 Å². The average molecular weight is 292 g/mol. The van der Waals surface area contributed by atoms with Gasteiger partial charge in [-0.1, -0.05) is 53.7 Å². The van der Waals surface area contributed by atoms with Crippen LogP contribution >= 0.6 is 0 Å². The lowest BCUT2D eigenvalue weighted by Crippen LogP contribution is -2.30. The molecule has 0 radical (unpaired) electrons. The second-order valence-corrected chi connectivity index (χ2v) is 5.04. The highest BCUT2D eigenvalue weighted by molar-refractivity contribution is 6.04. The van der Waals surface area contributed by atoms with E-state index in [9.17, 15) is 4.79 Å². The number of rotatable bonds is 4. The molecule has 0 saturated carbocycles. The van der Waals surface area contributed by atoms with Gasteiger partial charge in [0.05, 0.1) is 12.2 Å². The zero-order valence-electron chi connectivity index (χ0n) is 12.3. The van der Waals surface area contributed by atoms with Crippen LogP contribution in [0, 0.1) is 6.92 Å². The Bertz CT molecular complexity index is 751. The van der Waals surface area contributed by atoms with Gasteiger partial charge in [-0.2, -0.15) is 0 Å². The summed E-state index contributed by atoms with van der Waals surface area (Å²) < 4.78 is 5.13. The molecule has 0 N–H and O–H groups in total. The lowest BCUT2D eigenvalue weighted by Gasteiger charge is -2.21. The van der Waals surface area contributed by atoms with Gasteiger partial charge in [-0.05, 0) is 24.6 Å². The first-order chi connectivity index (χ1) is 10.7. The van der Waals surface area contributed by atoms with Crippen LogP contribution in [-0.4, -0.2) is 11.1 Å². The van der Waals surface area contributed by atoms with E-state index < -0.39 is 0 Å². The molecule has 0 unspecified atom stereocenters. The third kappa shape index (κ3) is 3.06. The second kappa shape index (κ2) is 6.26. The van der Waals surface area contributed by atoms with E-state index in [0.29, 0.717) is 12.2 Å². The SMILES string of the molecule is Cc1cc(C(=O)N(Cc2ccccc2)c2ccccc2)on1. The number of aromatic nitrogens is 1. The third-order valence-corrected chi connectivity index (χ3v) is 3.34. The van der Waals surface area contributed by atoms with Crippen LogP contribution in [0.15, 0.2) is 71.3 Å². The van der Waals surface area contributed by atoms with E-state index in [1.54, 1.807) is 17.9 Å². The summed E-state index contributed by atoms with van der Waals surface area (Å²) in [5, 5.41) is 3.80. The molecule has 4 nitrogen and oxygen atoms in total. The summed E-state index contributed by atoms with van der Waals surface area (Å²) in [5.41, 5.74) is 2.57. The first kappa shape index (κ1) is 14.1. The number of carbonyl (C=O) groups is 1. The fourth-order valence-corrected chi connectivity index (χ4v) is 2.25. The summed E-state index contributed by atoms with van der Waals surface area (Å²) in [6, 6.07) is 21.1. The van der Waals surface area contributed by atoms with Crippen molar-refractivity contribution in [3.8, 4) is 0 Å². The molecule has 110 valence electrons. The summed E-state index contributed by atoms with van der Waals surface area (Å²) >= 11 is 0. The van der Waals surface area contributed by atoms with Crippen molar-refractivity contribution in [3.05, 3.63) is 83.7 Å². The smallest absolute Gasteiger partial charge is 0.297 e. The molecule has 2 aromatic carbocycles. The Labute approximate surface area is 129 Å². The van der Waals surface area contributed by atoms with Crippen LogP contribution in [0.2, 0.25) is 0 Å². The Morgan fingerprint density at radius 1 is 1.05 bits per heavy atom. The highest BCUT2D eigenvalue weighted by Crippen LogP contribution is 2.20. The van der Waals surface area contributed by atoms with Crippen LogP contribution < -0.4 is 4.90 Å². The van der Waals surface area contributed by atoms with E-state index in [-0.39, 0.29) is 11.7 Å². The summed E-state index contributed by atoms with van der Waals surface area (Å²) in [7, 11) is 0. The minimum atomic E-state index is -0.198. The number of aryl methyl sites for hydroxylation is 1. The normalized spacial score (nSPS) is 10.4. The van der Waals surface area contributed by atoms with Crippen molar-refractivity contribution >= 4 is 11.6 Å². The maximum atomic E-state index is 12.8. The molecule has 22 heavy (non-hydrogen) atoms. The van der Waals surface area contributed by atoms with Crippen LogP contribution in [0.3, 0.4) is 0 Å². The van der Waals surface area contributed by atoms with Crippen LogP contribution in [0.25, 0.3) is 0 Å². The topological polar surface area (TPSA) is 46.3 Å². The number of para-hydroxylation sites is 1. The molecule has 0 aliphatic rings. The molecule has 3 rings (SSSR count). The maximum absolute atomic E-state index is 12.8. The van der Waals surface area contributed by atoms with Gasteiger partial charge in [0, 0.05) is 11.8 Å². The molecule has 0 aliphatic heterocycles. The monoisotopic (exact) mass is 292 g/mol. The third-order valence-electron chi connectivity index (χ3n) is 3.34. The zero-order chi connectivity index (χ0) is 15.4. The summed E-state index contributed by atoms with van der Waals surface area (Å²) in [5.74, 6) is 0.0490. The number of carbonyl (C=O) groups excluding carboxylic acids is 1. The maximum Gasteiger partial charge on any atom is 0.297 e. The molecule has 1 amide bonds. The fraction of sp³-hybridized carbons (Fsp3) is 0.111. The summed E-state index contributed by atoms with van der Waals surface area (Å²) in [4.78, 5) is 14.4. The first-order valence-corrected chi connectivity index (χ1v) is 7.08. The lowest BCUT2D eigenvalue weighted by atomic mass is 10.2. The van der Waals surface area contributed by atoms with E-state index in [0.717, 1.165) is 11.3 Å². The van der Waals surface area contributed by atoms with Gasteiger partial charge in [-0.15, -0.1) is 0 Å². The molecule has 1 heterocycles.